The van der Waals surface area contributed by atoms with E-state index < -0.39 is 10.0 Å². The van der Waals surface area contributed by atoms with Gasteiger partial charge in [-0.3, -0.25) is 4.79 Å². The number of aromatic amines is 1. The summed E-state index contributed by atoms with van der Waals surface area (Å²) in [6.07, 6.45) is 1.73. The number of H-pyrrole nitrogens is 1. The number of amides is 1. The standard InChI is InChI=1S/C15H21N3O3S/c1-11-5-6-12-10-14(17-13(12)9-11)15(19)16-7-4-8-18(2)22(3,20)21/h5-6,9-10,17H,4,7-8H2,1-3H3,(H,16,19). The van der Waals surface area contributed by atoms with Gasteiger partial charge in [-0.1, -0.05) is 12.1 Å². The number of carbonyl (C=O) groups excluding carboxylic acids is 1. The summed E-state index contributed by atoms with van der Waals surface area (Å²) in [5.41, 5.74) is 2.57. The summed E-state index contributed by atoms with van der Waals surface area (Å²) in [5, 5.41) is 3.78. The fourth-order valence-corrected chi connectivity index (χ4v) is 2.59. The topological polar surface area (TPSA) is 82.3 Å². The lowest BCUT2D eigenvalue weighted by atomic mass is 10.2. The van der Waals surface area contributed by atoms with Crippen LogP contribution in [0.25, 0.3) is 10.9 Å². The molecule has 0 spiro atoms. The summed E-state index contributed by atoms with van der Waals surface area (Å²) in [6, 6.07) is 7.78. The highest BCUT2D eigenvalue weighted by atomic mass is 32.2. The highest BCUT2D eigenvalue weighted by Gasteiger charge is 2.11. The molecule has 0 unspecified atom stereocenters. The maximum Gasteiger partial charge on any atom is 0.267 e. The molecule has 120 valence electrons. The van der Waals surface area contributed by atoms with Crippen LogP contribution in [0.4, 0.5) is 0 Å². The molecule has 1 amide bonds. The average Bonchev–Trinajstić information content (AvgIpc) is 2.85. The quantitative estimate of drug-likeness (QED) is 0.790. The number of rotatable bonds is 6. The second kappa shape index (κ2) is 6.50. The SMILES string of the molecule is Cc1ccc2cc(C(=O)NCCCN(C)S(C)(=O)=O)[nH]c2c1. The molecule has 0 saturated carbocycles. The van der Waals surface area contributed by atoms with Crippen LogP contribution in [0.1, 0.15) is 22.5 Å². The van der Waals surface area contributed by atoms with Gasteiger partial charge in [-0.25, -0.2) is 12.7 Å². The summed E-state index contributed by atoms with van der Waals surface area (Å²) >= 11 is 0. The molecular weight excluding hydrogens is 302 g/mol. The van der Waals surface area contributed by atoms with Crippen LogP contribution in [0.5, 0.6) is 0 Å². The summed E-state index contributed by atoms with van der Waals surface area (Å²) in [4.78, 5) is 15.2. The summed E-state index contributed by atoms with van der Waals surface area (Å²) in [5.74, 6) is -0.184. The largest absolute Gasteiger partial charge is 0.351 e. The molecule has 0 radical (unpaired) electrons. The highest BCUT2D eigenvalue weighted by Crippen LogP contribution is 2.16. The first-order valence-corrected chi connectivity index (χ1v) is 8.91. The molecule has 0 atom stereocenters. The first kappa shape index (κ1) is 16.5. The monoisotopic (exact) mass is 323 g/mol. The Labute approximate surface area is 130 Å². The van der Waals surface area contributed by atoms with Crippen LogP contribution in [-0.2, 0) is 10.0 Å². The minimum absolute atomic E-state index is 0.184. The van der Waals surface area contributed by atoms with E-state index in [1.165, 1.54) is 11.4 Å². The van der Waals surface area contributed by atoms with Gasteiger partial charge in [0, 0.05) is 31.0 Å². The number of hydrogen-bond acceptors (Lipinski definition) is 3. The van der Waals surface area contributed by atoms with E-state index in [2.05, 4.69) is 10.3 Å². The number of sulfonamides is 1. The number of nitrogens with zero attached hydrogens (tertiary/aromatic N) is 1. The van der Waals surface area contributed by atoms with E-state index in [0.717, 1.165) is 22.7 Å². The number of aromatic nitrogens is 1. The maximum atomic E-state index is 12.1. The Balaban J connectivity index is 1.89. The third-order valence-electron chi connectivity index (χ3n) is 3.52. The van der Waals surface area contributed by atoms with Crippen molar-refractivity contribution in [2.24, 2.45) is 0 Å². The number of benzene rings is 1. The highest BCUT2D eigenvalue weighted by molar-refractivity contribution is 7.88. The van der Waals surface area contributed by atoms with Gasteiger partial charge in [-0.15, -0.1) is 0 Å². The fraction of sp³-hybridized carbons (Fsp3) is 0.400. The molecule has 0 fully saturated rings. The minimum Gasteiger partial charge on any atom is -0.351 e. The number of nitrogens with one attached hydrogen (secondary N) is 2. The molecule has 0 aliphatic carbocycles. The minimum atomic E-state index is -3.16. The van der Waals surface area contributed by atoms with Crippen molar-refractivity contribution >= 4 is 26.8 Å². The third kappa shape index (κ3) is 4.08. The third-order valence-corrected chi connectivity index (χ3v) is 4.84. The number of carbonyl (C=O) groups is 1. The number of hydrogen-bond donors (Lipinski definition) is 2. The molecule has 0 saturated heterocycles. The van der Waals surface area contributed by atoms with Gasteiger partial charge in [-0.2, -0.15) is 0 Å². The number of aryl methyl sites for hydroxylation is 1. The van der Waals surface area contributed by atoms with Crippen LogP contribution in [0.2, 0.25) is 0 Å². The normalized spacial score (nSPS) is 12.0. The molecule has 2 aromatic rings. The van der Waals surface area contributed by atoms with Gasteiger partial charge in [0.05, 0.1) is 6.26 Å². The van der Waals surface area contributed by atoms with E-state index in [0.29, 0.717) is 25.2 Å². The second-order valence-corrected chi connectivity index (χ2v) is 7.56. The molecule has 1 aromatic heterocycles. The molecule has 1 aromatic carbocycles. The van der Waals surface area contributed by atoms with Gasteiger partial charge in [0.25, 0.3) is 5.91 Å². The van der Waals surface area contributed by atoms with Crippen molar-refractivity contribution in [1.82, 2.24) is 14.6 Å². The van der Waals surface area contributed by atoms with Crippen LogP contribution in [-0.4, -0.2) is 50.0 Å². The lowest BCUT2D eigenvalue weighted by molar-refractivity contribution is 0.0948. The smallest absolute Gasteiger partial charge is 0.267 e. The first-order chi connectivity index (χ1) is 10.3. The van der Waals surface area contributed by atoms with Crippen molar-refractivity contribution in [2.45, 2.75) is 13.3 Å². The van der Waals surface area contributed by atoms with Gasteiger partial charge in [0.1, 0.15) is 5.69 Å². The van der Waals surface area contributed by atoms with Gasteiger partial charge < -0.3 is 10.3 Å². The summed E-state index contributed by atoms with van der Waals surface area (Å²) < 4.78 is 23.8. The van der Waals surface area contributed by atoms with Gasteiger partial charge in [0.2, 0.25) is 10.0 Å². The summed E-state index contributed by atoms with van der Waals surface area (Å²) in [7, 11) is -1.64. The lowest BCUT2D eigenvalue weighted by Crippen LogP contribution is -2.31. The molecule has 0 aliphatic rings. The molecule has 22 heavy (non-hydrogen) atoms. The second-order valence-electron chi connectivity index (χ2n) is 5.47. The molecule has 0 bridgehead atoms. The van der Waals surface area contributed by atoms with Crippen LogP contribution in [0.15, 0.2) is 24.3 Å². The molecule has 7 heteroatoms. The Kier molecular flexibility index (Phi) is 4.87. The van der Waals surface area contributed by atoms with Crippen LogP contribution < -0.4 is 5.32 Å². The zero-order valence-electron chi connectivity index (χ0n) is 13.0. The Morgan fingerprint density at radius 2 is 2.05 bits per heavy atom. The molecule has 2 N–H and O–H groups in total. The predicted molar refractivity (Wildman–Crippen MR) is 87.5 cm³/mol. The Morgan fingerprint density at radius 3 is 2.73 bits per heavy atom. The van der Waals surface area contributed by atoms with Crippen molar-refractivity contribution in [1.29, 1.82) is 0 Å². The van der Waals surface area contributed by atoms with Gasteiger partial charge in [-0.05, 0) is 31.0 Å². The molecule has 2 rings (SSSR count). The van der Waals surface area contributed by atoms with E-state index >= 15 is 0 Å². The molecule has 0 aliphatic heterocycles. The van der Waals surface area contributed by atoms with Crippen molar-refractivity contribution < 1.29 is 13.2 Å². The van der Waals surface area contributed by atoms with Gasteiger partial charge >= 0.3 is 0 Å². The Bertz CT molecular complexity index is 780. The maximum absolute atomic E-state index is 12.1. The van der Waals surface area contributed by atoms with Gasteiger partial charge in [0.15, 0.2) is 0 Å². The van der Waals surface area contributed by atoms with Crippen molar-refractivity contribution in [3.8, 4) is 0 Å². The van der Waals surface area contributed by atoms with E-state index in [-0.39, 0.29) is 5.91 Å². The van der Waals surface area contributed by atoms with E-state index in [1.807, 2.05) is 31.2 Å². The van der Waals surface area contributed by atoms with Crippen molar-refractivity contribution in [3.63, 3.8) is 0 Å². The summed E-state index contributed by atoms with van der Waals surface area (Å²) in [6.45, 7) is 2.80. The van der Waals surface area contributed by atoms with Crippen LogP contribution in [0.3, 0.4) is 0 Å². The zero-order chi connectivity index (χ0) is 16.3. The number of fused-ring (bicyclic) bond motifs is 1. The molecule has 1 heterocycles. The fourth-order valence-electron chi connectivity index (χ4n) is 2.13. The van der Waals surface area contributed by atoms with Crippen LogP contribution in [0, 0.1) is 6.92 Å². The predicted octanol–water partition coefficient (Wildman–Crippen LogP) is 1.49. The average molecular weight is 323 g/mol. The first-order valence-electron chi connectivity index (χ1n) is 7.06. The zero-order valence-corrected chi connectivity index (χ0v) is 13.8. The van der Waals surface area contributed by atoms with E-state index in [1.54, 1.807) is 0 Å². The molecule has 6 nitrogen and oxygen atoms in total. The van der Waals surface area contributed by atoms with Crippen molar-refractivity contribution in [2.75, 3.05) is 26.4 Å². The van der Waals surface area contributed by atoms with Crippen LogP contribution >= 0.6 is 0 Å². The Hall–Kier alpha value is -1.86. The van der Waals surface area contributed by atoms with E-state index in [4.69, 9.17) is 0 Å². The van der Waals surface area contributed by atoms with E-state index in [9.17, 15) is 13.2 Å². The Morgan fingerprint density at radius 1 is 1.32 bits per heavy atom. The van der Waals surface area contributed by atoms with Crippen molar-refractivity contribution in [3.05, 3.63) is 35.5 Å². The lowest BCUT2D eigenvalue weighted by Gasteiger charge is -2.13. The molecular formula is C15H21N3O3S.